The molecule has 0 bridgehead atoms. The summed E-state index contributed by atoms with van der Waals surface area (Å²) in [5, 5.41) is 9.18. The predicted molar refractivity (Wildman–Crippen MR) is 56.3 cm³/mol. The molecule has 1 aromatic heterocycles. The molecule has 0 aliphatic heterocycles. The number of aliphatic carboxylic acids is 1. The van der Waals surface area contributed by atoms with Gasteiger partial charge in [-0.3, -0.25) is 4.79 Å². The maximum Gasteiger partial charge on any atom is 0.317 e. The lowest BCUT2D eigenvalue weighted by molar-refractivity contribution is -0.148. The molecule has 0 spiro atoms. The van der Waals surface area contributed by atoms with Gasteiger partial charge in [-0.25, -0.2) is 9.97 Å². The van der Waals surface area contributed by atoms with E-state index >= 15 is 0 Å². The lowest BCUT2D eigenvalue weighted by Crippen LogP contribution is -2.55. The minimum absolute atomic E-state index is 0.0617. The Labute approximate surface area is 94.9 Å². The zero-order chi connectivity index (χ0) is 11.1. The van der Waals surface area contributed by atoms with Crippen LogP contribution in [-0.4, -0.2) is 27.1 Å². The van der Waals surface area contributed by atoms with Crippen molar-refractivity contribution in [1.82, 2.24) is 9.97 Å². The highest BCUT2D eigenvalue weighted by Gasteiger charge is 2.52. The molecule has 3 N–H and O–H groups in total. The molecule has 1 heterocycles. The zero-order valence-corrected chi connectivity index (χ0v) is 9.44. The summed E-state index contributed by atoms with van der Waals surface area (Å²) < 4.78 is 0.732. The van der Waals surface area contributed by atoms with Crippen molar-refractivity contribution in [3.8, 4) is 0 Å². The van der Waals surface area contributed by atoms with Crippen LogP contribution in [0.3, 0.4) is 0 Å². The maximum absolute atomic E-state index is 11.2. The molecule has 0 radical (unpaired) electrons. The van der Waals surface area contributed by atoms with E-state index in [9.17, 15) is 9.90 Å². The van der Waals surface area contributed by atoms with Crippen molar-refractivity contribution < 1.29 is 9.90 Å². The van der Waals surface area contributed by atoms with E-state index in [0.717, 1.165) is 4.47 Å². The second-order valence-corrected chi connectivity index (χ2v) is 4.70. The van der Waals surface area contributed by atoms with Crippen molar-refractivity contribution in [1.29, 1.82) is 0 Å². The van der Waals surface area contributed by atoms with E-state index in [1.165, 1.54) is 0 Å². The van der Waals surface area contributed by atoms with E-state index in [1.54, 1.807) is 12.4 Å². The van der Waals surface area contributed by atoms with Crippen molar-refractivity contribution in [2.45, 2.75) is 24.3 Å². The predicted octanol–water partition coefficient (Wildman–Crippen LogP) is 0.683. The summed E-state index contributed by atoms with van der Waals surface area (Å²) in [6, 6.07) is -0.0617. The third-order valence-electron chi connectivity index (χ3n) is 2.68. The van der Waals surface area contributed by atoms with Crippen LogP contribution in [0.25, 0.3) is 0 Å². The van der Waals surface area contributed by atoms with Crippen LogP contribution in [0.4, 0.5) is 0 Å². The smallest absolute Gasteiger partial charge is 0.317 e. The summed E-state index contributed by atoms with van der Waals surface area (Å²) in [5.41, 5.74) is 4.66. The summed E-state index contributed by atoms with van der Waals surface area (Å²) in [5.74, 6) is -0.550. The Bertz CT molecular complexity index is 387. The Balaban J connectivity index is 2.34. The first-order valence-electron chi connectivity index (χ1n) is 4.51. The van der Waals surface area contributed by atoms with Gasteiger partial charge in [-0.2, -0.15) is 0 Å². The van der Waals surface area contributed by atoms with Gasteiger partial charge >= 0.3 is 5.97 Å². The second-order valence-electron chi connectivity index (χ2n) is 3.78. The van der Waals surface area contributed by atoms with Gasteiger partial charge in [0.15, 0.2) is 0 Å². The van der Waals surface area contributed by atoms with Crippen LogP contribution in [0.15, 0.2) is 16.9 Å². The highest BCUT2D eigenvalue weighted by Crippen LogP contribution is 2.41. The third-order valence-corrected chi connectivity index (χ3v) is 3.09. The van der Waals surface area contributed by atoms with Crippen molar-refractivity contribution in [3.05, 3.63) is 22.7 Å². The fraction of sp³-hybridized carbons (Fsp3) is 0.444. The van der Waals surface area contributed by atoms with Crippen molar-refractivity contribution in [2.75, 3.05) is 0 Å². The first kappa shape index (κ1) is 10.5. The Morgan fingerprint density at radius 2 is 2.07 bits per heavy atom. The Hall–Kier alpha value is -1.01. The van der Waals surface area contributed by atoms with Crippen LogP contribution in [0.2, 0.25) is 0 Å². The van der Waals surface area contributed by atoms with Gasteiger partial charge in [0, 0.05) is 18.4 Å². The molecule has 5 nitrogen and oxygen atoms in total. The Morgan fingerprint density at radius 3 is 2.47 bits per heavy atom. The number of halogens is 1. The molecule has 2 rings (SSSR count). The number of aromatic nitrogens is 2. The van der Waals surface area contributed by atoms with E-state index < -0.39 is 11.4 Å². The minimum Gasteiger partial charge on any atom is -0.480 e. The lowest BCUT2D eigenvalue weighted by Gasteiger charge is -2.40. The Morgan fingerprint density at radius 1 is 1.53 bits per heavy atom. The molecule has 1 aliphatic carbocycles. The molecule has 0 atom stereocenters. The van der Waals surface area contributed by atoms with E-state index in [2.05, 4.69) is 25.9 Å². The Kier molecular flexibility index (Phi) is 2.47. The molecule has 6 heteroatoms. The van der Waals surface area contributed by atoms with Gasteiger partial charge in [-0.15, -0.1) is 0 Å². The standard InChI is InChI=1S/C9H10BrN3O2/c10-5-3-12-7(13-4-5)9(8(14)15)1-6(11)2-9/h3-4,6H,1-2,11H2,(H,14,15). The number of rotatable bonds is 2. The molecule has 80 valence electrons. The first-order chi connectivity index (χ1) is 7.04. The number of hydrogen-bond donors (Lipinski definition) is 2. The number of carbonyl (C=O) groups is 1. The molecule has 0 amide bonds. The molecule has 15 heavy (non-hydrogen) atoms. The molecule has 1 saturated carbocycles. The normalized spacial score (nSPS) is 29.6. The van der Waals surface area contributed by atoms with Gasteiger partial charge in [-0.05, 0) is 28.8 Å². The van der Waals surface area contributed by atoms with Gasteiger partial charge in [-0.1, -0.05) is 0 Å². The van der Waals surface area contributed by atoms with Crippen molar-refractivity contribution in [2.24, 2.45) is 5.73 Å². The summed E-state index contributed by atoms with van der Waals surface area (Å²) in [7, 11) is 0. The summed E-state index contributed by atoms with van der Waals surface area (Å²) >= 11 is 3.20. The molecule has 1 aromatic rings. The monoisotopic (exact) mass is 271 g/mol. The van der Waals surface area contributed by atoms with Gasteiger partial charge in [0.05, 0.1) is 4.47 Å². The van der Waals surface area contributed by atoms with Crippen LogP contribution < -0.4 is 5.73 Å². The number of carboxylic acid groups (broad SMARTS) is 1. The van der Waals surface area contributed by atoms with E-state index in [0.29, 0.717) is 18.7 Å². The average Bonchev–Trinajstić information content (AvgIpc) is 2.13. The topological polar surface area (TPSA) is 89.1 Å². The highest BCUT2D eigenvalue weighted by atomic mass is 79.9. The third kappa shape index (κ3) is 1.63. The van der Waals surface area contributed by atoms with Crippen LogP contribution in [0.5, 0.6) is 0 Å². The number of carboxylic acids is 1. The summed E-state index contributed by atoms with van der Waals surface area (Å²) in [4.78, 5) is 19.3. The SMILES string of the molecule is NC1CC(C(=O)O)(c2ncc(Br)cn2)C1. The molecule has 0 unspecified atom stereocenters. The molecule has 0 saturated heterocycles. The van der Waals surface area contributed by atoms with Gasteiger partial charge in [0.2, 0.25) is 0 Å². The molecule has 0 aromatic carbocycles. The largest absolute Gasteiger partial charge is 0.480 e. The number of nitrogens with zero attached hydrogens (tertiary/aromatic N) is 2. The van der Waals surface area contributed by atoms with Gasteiger partial charge < -0.3 is 10.8 Å². The highest BCUT2D eigenvalue weighted by molar-refractivity contribution is 9.10. The van der Waals surface area contributed by atoms with E-state index in [-0.39, 0.29) is 6.04 Å². The number of hydrogen-bond acceptors (Lipinski definition) is 4. The maximum atomic E-state index is 11.2. The lowest BCUT2D eigenvalue weighted by atomic mass is 9.65. The zero-order valence-electron chi connectivity index (χ0n) is 7.85. The quantitative estimate of drug-likeness (QED) is 0.826. The molecule has 1 aliphatic rings. The van der Waals surface area contributed by atoms with Crippen LogP contribution >= 0.6 is 15.9 Å². The molecular weight excluding hydrogens is 262 g/mol. The van der Waals surface area contributed by atoms with Crippen molar-refractivity contribution >= 4 is 21.9 Å². The summed E-state index contributed by atoms with van der Waals surface area (Å²) in [6.07, 6.45) is 3.92. The fourth-order valence-corrected chi connectivity index (χ4v) is 2.05. The summed E-state index contributed by atoms with van der Waals surface area (Å²) in [6.45, 7) is 0. The average molecular weight is 272 g/mol. The molecular formula is C9H10BrN3O2. The molecule has 1 fully saturated rings. The van der Waals surface area contributed by atoms with Crippen LogP contribution in [0.1, 0.15) is 18.7 Å². The van der Waals surface area contributed by atoms with Crippen molar-refractivity contribution in [3.63, 3.8) is 0 Å². The van der Waals surface area contributed by atoms with Gasteiger partial charge in [0.1, 0.15) is 11.2 Å². The van der Waals surface area contributed by atoms with Crippen LogP contribution in [0, 0.1) is 0 Å². The van der Waals surface area contributed by atoms with Gasteiger partial charge in [0.25, 0.3) is 0 Å². The fourth-order valence-electron chi connectivity index (χ4n) is 1.85. The van der Waals surface area contributed by atoms with Crippen LogP contribution in [-0.2, 0) is 10.2 Å². The van der Waals surface area contributed by atoms with E-state index in [4.69, 9.17) is 5.73 Å². The minimum atomic E-state index is -0.972. The second kappa shape index (κ2) is 3.53. The number of nitrogens with two attached hydrogens (primary N) is 1. The van der Waals surface area contributed by atoms with E-state index in [1.807, 2.05) is 0 Å². The first-order valence-corrected chi connectivity index (χ1v) is 5.31.